The Balaban J connectivity index is 1.62. The molecule has 192 valence electrons. The molecule has 0 bridgehead atoms. The molecule has 4 N–H and O–H groups in total. The van der Waals surface area contributed by atoms with Crippen molar-refractivity contribution in [3.05, 3.63) is 119 Å². The van der Waals surface area contributed by atoms with Crippen molar-refractivity contribution in [2.45, 2.75) is 32.7 Å². The van der Waals surface area contributed by atoms with Crippen LogP contribution in [0.15, 0.2) is 97.1 Å². The average molecular weight is 499 g/mol. The molecule has 0 aromatic heterocycles. The molecule has 37 heavy (non-hydrogen) atoms. The van der Waals surface area contributed by atoms with Gasteiger partial charge in [-0.15, -0.1) is 0 Å². The van der Waals surface area contributed by atoms with Gasteiger partial charge in [-0.2, -0.15) is 0 Å². The second kappa shape index (κ2) is 11.4. The van der Waals surface area contributed by atoms with Gasteiger partial charge in [0.2, 0.25) is 0 Å². The summed E-state index contributed by atoms with van der Waals surface area (Å²) in [4.78, 5) is 3.70. The van der Waals surface area contributed by atoms with Crippen molar-refractivity contribution in [3.63, 3.8) is 0 Å². The van der Waals surface area contributed by atoms with E-state index in [1.165, 1.54) is 0 Å². The van der Waals surface area contributed by atoms with Gasteiger partial charge in [0.15, 0.2) is 5.79 Å². The molecule has 0 radical (unpaired) electrons. The van der Waals surface area contributed by atoms with Gasteiger partial charge < -0.3 is 30.2 Å². The zero-order valence-corrected chi connectivity index (χ0v) is 21.2. The van der Waals surface area contributed by atoms with Crippen LogP contribution in [0.1, 0.15) is 22.3 Å². The quantitative estimate of drug-likeness (QED) is 0.227. The van der Waals surface area contributed by atoms with Crippen LogP contribution in [-0.4, -0.2) is 39.3 Å². The van der Waals surface area contributed by atoms with Gasteiger partial charge in [-0.3, -0.25) is 0 Å². The molecule has 0 saturated carbocycles. The zero-order valence-electron chi connectivity index (χ0n) is 21.2. The molecular formula is C31H34N2O4. The highest BCUT2D eigenvalue weighted by Crippen LogP contribution is 2.29. The number of benzene rings is 4. The van der Waals surface area contributed by atoms with Crippen molar-refractivity contribution >= 4 is 11.4 Å². The summed E-state index contributed by atoms with van der Waals surface area (Å²) in [5.74, 6) is -1.72. The Bertz CT molecular complexity index is 1210. The third kappa shape index (κ3) is 6.61. The van der Waals surface area contributed by atoms with Crippen molar-refractivity contribution in [1.82, 2.24) is 0 Å². The molecule has 0 saturated heterocycles. The summed E-state index contributed by atoms with van der Waals surface area (Å²) in [6.45, 7) is 4.06. The summed E-state index contributed by atoms with van der Waals surface area (Å²) >= 11 is 0. The van der Waals surface area contributed by atoms with Crippen LogP contribution >= 0.6 is 0 Å². The molecule has 0 spiro atoms. The number of nitrogens with zero attached hydrogens (tertiary/aromatic N) is 2. The lowest BCUT2D eigenvalue weighted by molar-refractivity contribution is -0.144. The first-order valence-corrected chi connectivity index (χ1v) is 12.3. The van der Waals surface area contributed by atoms with Gasteiger partial charge in [0.25, 0.3) is 0 Å². The van der Waals surface area contributed by atoms with E-state index in [2.05, 4.69) is 0 Å². The molecule has 4 aromatic rings. The number of hydrogen-bond donors (Lipinski definition) is 4. The summed E-state index contributed by atoms with van der Waals surface area (Å²) in [6, 6.07) is 30.1. The van der Waals surface area contributed by atoms with E-state index in [1.807, 2.05) is 121 Å². The first kappa shape index (κ1) is 26.1. The Labute approximate surface area is 218 Å². The Morgan fingerprint density at radius 3 is 1.30 bits per heavy atom. The smallest absolute Gasteiger partial charge is 0.198 e. The van der Waals surface area contributed by atoms with Crippen molar-refractivity contribution in [2.75, 3.05) is 22.9 Å². The average Bonchev–Trinajstić information content (AvgIpc) is 2.89. The summed E-state index contributed by atoms with van der Waals surface area (Å²) < 4.78 is 0. The Morgan fingerprint density at radius 1 is 0.541 bits per heavy atom. The first-order valence-electron chi connectivity index (χ1n) is 12.3. The third-order valence-corrected chi connectivity index (χ3v) is 6.50. The number of aromatic hydroxyl groups is 2. The molecule has 6 heteroatoms. The molecule has 0 fully saturated rings. The molecule has 6 nitrogen and oxygen atoms in total. The van der Waals surface area contributed by atoms with Gasteiger partial charge in [-0.25, -0.2) is 0 Å². The third-order valence-electron chi connectivity index (χ3n) is 6.50. The predicted octanol–water partition coefficient (Wildman–Crippen LogP) is 5.11. The molecule has 0 heterocycles. The number of anilines is 2. The molecule has 0 aliphatic carbocycles. The SMILES string of the molecule is Cc1cccc(CN(CC(O)(O)CN(Cc2cccc(C)c2O)c2ccccc2)c2ccccc2)c1O. The van der Waals surface area contributed by atoms with Gasteiger partial charge in [0.1, 0.15) is 11.5 Å². The summed E-state index contributed by atoms with van der Waals surface area (Å²) in [7, 11) is 0. The van der Waals surface area contributed by atoms with Gasteiger partial charge in [0, 0.05) is 35.6 Å². The summed E-state index contributed by atoms with van der Waals surface area (Å²) in [5, 5.41) is 43.9. The molecular weight excluding hydrogens is 464 g/mol. The molecule has 4 aromatic carbocycles. The first-order chi connectivity index (χ1) is 17.7. The maximum absolute atomic E-state index is 11.3. The fraction of sp³-hybridized carbons (Fsp3) is 0.226. The standard InChI is InChI=1S/C31H34N2O4/c1-23-11-9-13-25(29(23)34)19-32(27-15-5-3-6-16-27)21-31(36,37)22-33(28-17-7-4-8-18-28)20-26-14-10-12-24(2)30(26)35/h3-18,34-37H,19-22H2,1-2H3. The van der Waals surface area contributed by atoms with E-state index in [9.17, 15) is 20.4 Å². The number of para-hydroxylation sites is 4. The van der Waals surface area contributed by atoms with Crippen LogP contribution in [0.4, 0.5) is 11.4 Å². The summed E-state index contributed by atoms with van der Waals surface area (Å²) in [6.07, 6.45) is 0. The highest BCUT2D eigenvalue weighted by molar-refractivity contribution is 5.51. The van der Waals surface area contributed by atoms with Crippen LogP contribution < -0.4 is 9.80 Å². The van der Waals surface area contributed by atoms with Crippen LogP contribution in [0, 0.1) is 13.8 Å². The van der Waals surface area contributed by atoms with E-state index in [4.69, 9.17) is 0 Å². The van der Waals surface area contributed by atoms with Crippen LogP contribution in [-0.2, 0) is 13.1 Å². The fourth-order valence-corrected chi connectivity index (χ4v) is 4.52. The molecule has 4 rings (SSSR count). The van der Waals surface area contributed by atoms with E-state index in [0.29, 0.717) is 24.2 Å². The number of aliphatic hydroxyl groups is 2. The minimum Gasteiger partial charge on any atom is -0.507 e. The normalized spacial score (nSPS) is 11.4. The lowest BCUT2D eigenvalue weighted by Gasteiger charge is -2.36. The number of phenolic OH excluding ortho intramolecular Hbond substituents is 2. The summed E-state index contributed by atoms with van der Waals surface area (Å²) in [5.41, 5.74) is 4.53. The van der Waals surface area contributed by atoms with Crippen LogP contribution in [0.3, 0.4) is 0 Å². The van der Waals surface area contributed by atoms with E-state index >= 15 is 0 Å². The molecule has 0 unspecified atom stereocenters. The van der Waals surface area contributed by atoms with Crippen molar-refractivity contribution in [2.24, 2.45) is 0 Å². The van der Waals surface area contributed by atoms with Gasteiger partial charge >= 0.3 is 0 Å². The second-order valence-electron chi connectivity index (χ2n) is 9.53. The van der Waals surface area contributed by atoms with Crippen LogP contribution in [0.2, 0.25) is 0 Å². The van der Waals surface area contributed by atoms with Crippen molar-refractivity contribution in [3.8, 4) is 11.5 Å². The van der Waals surface area contributed by atoms with E-state index in [1.54, 1.807) is 0 Å². The molecule has 0 amide bonds. The van der Waals surface area contributed by atoms with Gasteiger partial charge in [-0.05, 0) is 49.2 Å². The molecule has 0 aliphatic heterocycles. The lowest BCUT2D eigenvalue weighted by Crippen LogP contribution is -2.51. The maximum Gasteiger partial charge on any atom is 0.198 e. The maximum atomic E-state index is 11.3. The monoisotopic (exact) mass is 498 g/mol. The Hall–Kier alpha value is -4.00. The van der Waals surface area contributed by atoms with Crippen molar-refractivity contribution in [1.29, 1.82) is 0 Å². The zero-order chi connectivity index (χ0) is 26.4. The Morgan fingerprint density at radius 2 is 0.919 bits per heavy atom. The largest absolute Gasteiger partial charge is 0.507 e. The minimum atomic E-state index is -2.12. The number of hydrogen-bond acceptors (Lipinski definition) is 6. The van der Waals surface area contributed by atoms with Crippen LogP contribution in [0.5, 0.6) is 11.5 Å². The molecule has 0 atom stereocenters. The predicted molar refractivity (Wildman–Crippen MR) is 148 cm³/mol. The molecule has 0 aliphatic rings. The van der Waals surface area contributed by atoms with E-state index < -0.39 is 5.79 Å². The highest BCUT2D eigenvalue weighted by atomic mass is 16.5. The fourth-order valence-electron chi connectivity index (χ4n) is 4.52. The second-order valence-corrected chi connectivity index (χ2v) is 9.53. The van der Waals surface area contributed by atoms with Gasteiger partial charge in [0.05, 0.1) is 13.1 Å². The van der Waals surface area contributed by atoms with Crippen molar-refractivity contribution < 1.29 is 20.4 Å². The van der Waals surface area contributed by atoms with Gasteiger partial charge in [-0.1, -0.05) is 72.8 Å². The number of rotatable bonds is 10. The number of phenols is 2. The highest BCUT2D eigenvalue weighted by Gasteiger charge is 2.31. The van der Waals surface area contributed by atoms with E-state index in [-0.39, 0.29) is 24.6 Å². The lowest BCUT2D eigenvalue weighted by atomic mass is 10.1. The minimum absolute atomic E-state index is 0.104. The number of aryl methyl sites for hydroxylation is 2. The van der Waals surface area contributed by atoms with Crippen LogP contribution in [0.25, 0.3) is 0 Å². The Kier molecular flexibility index (Phi) is 8.01. The van der Waals surface area contributed by atoms with E-state index in [0.717, 1.165) is 22.5 Å². The topological polar surface area (TPSA) is 87.4 Å².